The van der Waals surface area contributed by atoms with Crippen LogP contribution in [0.3, 0.4) is 0 Å². The predicted molar refractivity (Wildman–Crippen MR) is 65.3 cm³/mol. The summed E-state index contributed by atoms with van der Waals surface area (Å²) >= 11 is 0. The van der Waals surface area contributed by atoms with Crippen LogP contribution < -0.4 is 5.32 Å². The number of anilines is 1. The van der Waals surface area contributed by atoms with Gasteiger partial charge >= 0.3 is 0 Å². The average Bonchev–Trinajstić information content (AvgIpc) is 2.33. The lowest BCUT2D eigenvalue weighted by Crippen LogP contribution is -2.15. The Labute approximate surface area is 108 Å². The van der Waals surface area contributed by atoms with Crippen LogP contribution in [0.1, 0.15) is 21.7 Å². The van der Waals surface area contributed by atoms with E-state index >= 15 is 0 Å². The highest BCUT2D eigenvalue weighted by Gasteiger charge is 2.13. The zero-order chi connectivity index (χ0) is 14.0. The van der Waals surface area contributed by atoms with Crippen LogP contribution in [0.2, 0.25) is 0 Å². The van der Waals surface area contributed by atoms with Gasteiger partial charge in [-0.15, -0.1) is 5.10 Å². The monoisotopic (exact) mass is 262 g/mol. The lowest BCUT2D eigenvalue weighted by Gasteiger charge is -2.06. The van der Waals surface area contributed by atoms with Crippen LogP contribution >= 0.6 is 0 Å². The van der Waals surface area contributed by atoms with Gasteiger partial charge < -0.3 is 5.11 Å². The zero-order valence-corrected chi connectivity index (χ0v) is 10.3. The number of aromatic hydroxyl groups is 1. The van der Waals surface area contributed by atoms with Crippen LogP contribution in [0.4, 0.5) is 10.3 Å². The Balaban J connectivity index is 2.23. The van der Waals surface area contributed by atoms with Crippen molar-refractivity contribution in [2.45, 2.75) is 13.8 Å². The van der Waals surface area contributed by atoms with Crippen molar-refractivity contribution in [2.75, 3.05) is 5.32 Å². The molecule has 2 aromatic rings. The Kier molecular flexibility index (Phi) is 3.37. The number of hydrogen-bond donors (Lipinski definition) is 2. The van der Waals surface area contributed by atoms with Crippen LogP contribution in [0.5, 0.6) is 5.75 Å². The molecular weight excluding hydrogens is 251 g/mol. The molecule has 0 atom stereocenters. The van der Waals surface area contributed by atoms with Crippen LogP contribution in [0, 0.1) is 19.7 Å². The van der Waals surface area contributed by atoms with Gasteiger partial charge in [0.15, 0.2) is 0 Å². The average molecular weight is 262 g/mol. The molecule has 2 rings (SSSR count). The molecule has 1 aromatic carbocycles. The van der Waals surface area contributed by atoms with E-state index in [1.165, 1.54) is 6.07 Å². The molecular formula is C12H11FN4O2. The maximum absolute atomic E-state index is 12.8. The minimum absolute atomic E-state index is 0.0248. The minimum Gasteiger partial charge on any atom is -0.507 e. The largest absolute Gasteiger partial charge is 0.507 e. The molecule has 0 aliphatic heterocycles. The maximum atomic E-state index is 12.8. The van der Waals surface area contributed by atoms with E-state index in [4.69, 9.17) is 0 Å². The molecule has 7 heteroatoms. The van der Waals surface area contributed by atoms with Crippen LogP contribution in [0.15, 0.2) is 18.2 Å². The summed E-state index contributed by atoms with van der Waals surface area (Å²) in [4.78, 5) is 15.9. The number of nitrogens with zero attached hydrogens (tertiary/aromatic N) is 3. The molecule has 0 bridgehead atoms. The fourth-order valence-electron chi connectivity index (χ4n) is 1.38. The summed E-state index contributed by atoms with van der Waals surface area (Å²) in [6, 6.07) is 3.11. The third-order valence-electron chi connectivity index (χ3n) is 2.52. The lowest BCUT2D eigenvalue weighted by molar-refractivity contribution is 0.102. The third kappa shape index (κ3) is 2.82. The van der Waals surface area contributed by atoms with Crippen molar-refractivity contribution in [3.8, 4) is 5.75 Å². The molecule has 0 unspecified atom stereocenters. The van der Waals surface area contributed by atoms with Gasteiger partial charge in [0, 0.05) is 6.07 Å². The highest BCUT2D eigenvalue weighted by Crippen LogP contribution is 2.18. The second-order valence-electron chi connectivity index (χ2n) is 3.92. The molecule has 1 amide bonds. The Morgan fingerprint density at radius 1 is 1.26 bits per heavy atom. The molecule has 1 aromatic heterocycles. The van der Waals surface area contributed by atoms with Gasteiger partial charge in [0.05, 0.1) is 17.0 Å². The van der Waals surface area contributed by atoms with Gasteiger partial charge in [0.25, 0.3) is 5.91 Å². The fourth-order valence-corrected chi connectivity index (χ4v) is 1.38. The number of rotatable bonds is 2. The van der Waals surface area contributed by atoms with Crippen LogP contribution in [0.25, 0.3) is 0 Å². The number of halogens is 1. The Hall–Kier alpha value is -2.57. The van der Waals surface area contributed by atoms with E-state index in [1.54, 1.807) is 13.8 Å². The first-order valence-electron chi connectivity index (χ1n) is 5.45. The molecule has 19 heavy (non-hydrogen) atoms. The predicted octanol–water partition coefficient (Wildman–Crippen LogP) is 1.59. The van der Waals surface area contributed by atoms with Crippen LogP contribution in [-0.4, -0.2) is 26.2 Å². The molecule has 0 saturated heterocycles. The smallest absolute Gasteiger partial charge is 0.261 e. The molecule has 0 spiro atoms. The number of aryl methyl sites for hydroxylation is 2. The van der Waals surface area contributed by atoms with Gasteiger partial charge in [-0.2, -0.15) is 5.10 Å². The number of benzene rings is 1. The minimum atomic E-state index is -0.637. The standard InChI is InChI=1S/C12H11FN4O2/c1-6-7(2)16-17-12(14-6)15-11(19)9-4-3-8(13)5-10(9)18/h3-5,18H,1-2H3,(H,14,15,17,19). The molecule has 1 heterocycles. The number of carbonyl (C=O) groups excluding carboxylic acids is 1. The molecule has 0 aliphatic rings. The van der Waals surface area contributed by atoms with Crippen molar-refractivity contribution in [2.24, 2.45) is 0 Å². The summed E-state index contributed by atoms with van der Waals surface area (Å²) in [6.07, 6.45) is 0. The topological polar surface area (TPSA) is 88.0 Å². The molecule has 0 radical (unpaired) electrons. The molecule has 0 fully saturated rings. The van der Waals surface area contributed by atoms with Crippen molar-refractivity contribution < 1.29 is 14.3 Å². The van der Waals surface area contributed by atoms with Crippen molar-refractivity contribution in [3.63, 3.8) is 0 Å². The van der Waals surface area contributed by atoms with E-state index in [9.17, 15) is 14.3 Å². The molecule has 0 aliphatic carbocycles. The second kappa shape index (κ2) is 4.97. The number of hydrogen-bond acceptors (Lipinski definition) is 5. The maximum Gasteiger partial charge on any atom is 0.261 e. The second-order valence-corrected chi connectivity index (χ2v) is 3.92. The summed E-state index contributed by atoms with van der Waals surface area (Å²) in [7, 11) is 0. The van der Waals surface area contributed by atoms with Gasteiger partial charge in [-0.3, -0.25) is 10.1 Å². The van der Waals surface area contributed by atoms with Crippen LogP contribution in [-0.2, 0) is 0 Å². The Morgan fingerprint density at radius 2 is 2.00 bits per heavy atom. The Bertz CT molecular complexity index is 646. The van der Waals surface area contributed by atoms with Gasteiger partial charge in [-0.05, 0) is 26.0 Å². The summed E-state index contributed by atoms with van der Waals surface area (Å²) in [6.45, 7) is 3.47. The normalized spacial score (nSPS) is 10.3. The van der Waals surface area contributed by atoms with Gasteiger partial charge in [-0.25, -0.2) is 9.37 Å². The van der Waals surface area contributed by atoms with E-state index in [2.05, 4.69) is 20.5 Å². The molecule has 0 saturated carbocycles. The molecule has 6 nitrogen and oxygen atoms in total. The highest BCUT2D eigenvalue weighted by atomic mass is 19.1. The number of amides is 1. The number of carbonyl (C=O) groups is 1. The first-order valence-corrected chi connectivity index (χ1v) is 5.45. The highest BCUT2D eigenvalue weighted by molar-refractivity contribution is 6.05. The lowest BCUT2D eigenvalue weighted by atomic mass is 10.2. The van der Waals surface area contributed by atoms with Gasteiger partial charge in [-0.1, -0.05) is 0 Å². The van der Waals surface area contributed by atoms with Gasteiger partial charge in [0.2, 0.25) is 5.95 Å². The van der Waals surface area contributed by atoms with E-state index in [0.29, 0.717) is 11.4 Å². The van der Waals surface area contributed by atoms with Crippen molar-refractivity contribution >= 4 is 11.9 Å². The van der Waals surface area contributed by atoms with Crippen molar-refractivity contribution in [1.29, 1.82) is 0 Å². The first kappa shape index (κ1) is 12.9. The Morgan fingerprint density at radius 3 is 2.63 bits per heavy atom. The number of nitrogens with one attached hydrogen (secondary N) is 1. The third-order valence-corrected chi connectivity index (χ3v) is 2.52. The van der Waals surface area contributed by atoms with E-state index in [-0.39, 0.29) is 11.5 Å². The zero-order valence-electron chi connectivity index (χ0n) is 10.3. The molecule has 98 valence electrons. The quantitative estimate of drug-likeness (QED) is 0.858. The van der Waals surface area contributed by atoms with E-state index in [0.717, 1.165) is 12.1 Å². The summed E-state index contributed by atoms with van der Waals surface area (Å²) < 4.78 is 12.8. The number of phenols is 1. The van der Waals surface area contributed by atoms with Crippen molar-refractivity contribution in [1.82, 2.24) is 15.2 Å². The SMILES string of the molecule is Cc1nnc(NC(=O)c2ccc(F)cc2O)nc1C. The first-order chi connectivity index (χ1) is 8.97. The van der Waals surface area contributed by atoms with Gasteiger partial charge in [0.1, 0.15) is 11.6 Å². The van der Waals surface area contributed by atoms with Crippen molar-refractivity contribution in [3.05, 3.63) is 41.0 Å². The summed E-state index contributed by atoms with van der Waals surface area (Å²) in [5.41, 5.74) is 1.22. The van der Waals surface area contributed by atoms with E-state index in [1.807, 2.05) is 0 Å². The molecule has 2 N–H and O–H groups in total. The fraction of sp³-hybridized carbons (Fsp3) is 0.167. The summed E-state index contributed by atoms with van der Waals surface area (Å²) in [5, 5.41) is 19.4. The number of aromatic nitrogens is 3. The summed E-state index contributed by atoms with van der Waals surface area (Å²) in [5.74, 6) is -1.69. The number of phenolic OH excluding ortho intramolecular Hbond substituents is 1. The van der Waals surface area contributed by atoms with E-state index < -0.39 is 17.5 Å².